The summed E-state index contributed by atoms with van der Waals surface area (Å²) in [6.45, 7) is 7.87. The molecule has 118 valence electrons. The lowest BCUT2D eigenvalue weighted by molar-refractivity contribution is 0.400. The van der Waals surface area contributed by atoms with Crippen LogP contribution >= 0.6 is 0 Å². The number of nitrogens with one attached hydrogen (secondary N) is 2. The number of rotatable bonds is 4. The van der Waals surface area contributed by atoms with Crippen LogP contribution in [0.15, 0.2) is 34.9 Å². The number of aryl methyl sites for hydroxylation is 3. The Bertz CT molecular complexity index is 841. The van der Waals surface area contributed by atoms with E-state index in [1.54, 1.807) is 0 Å². The van der Waals surface area contributed by atoms with E-state index in [-0.39, 0.29) is 0 Å². The summed E-state index contributed by atoms with van der Waals surface area (Å²) in [5.74, 6) is 3.43. The van der Waals surface area contributed by atoms with Crippen LogP contribution in [0.1, 0.15) is 22.7 Å². The van der Waals surface area contributed by atoms with Crippen molar-refractivity contribution >= 4 is 23.1 Å². The second-order valence-corrected chi connectivity index (χ2v) is 5.51. The maximum absolute atomic E-state index is 5.05. The molecule has 0 saturated heterocycles. The van der Waals surface area contributed by atoms with E-state index in [0.29, 0.717) is 17.5 Å². The summed E-state index contributed by atoms with van der Waals surface area (Å²) >= 11 is 0. The molecular formula is C17H19N5O. The van der Waals surface area contributed by atoms with Gasteiger partial charge in [-0.25, -0.2) is 9.97 Å². The van der Waals surface area contributed by atoms with Crippen molar-refractivity contribution in [1.29, 1.82) is 0 Å². The molecule has 23 heavy (non-hydrogen) atoms. The molecule has 0 saturated carbocycles. The lowest BCUT2D eigenvalue weighted by atomic mass is 10.1. The average Bonchev–Trinajstić information content (AvgIpc) is 2.88. The average molecular weight is 309 g/mol. The molecule has 0 aliphatic carbocycles. The first-order valence-corrected chi connectivity index (χ1v) is 7.40. The van der Waals surface area contributed by atoms with Gasteiger partial charge in [-0.05, 0) is 44.9 Å². The van der Waals surface area contributed by atoms with Gasteiger partial charge >= 0.3 is 0 Å². The van der Waals surface area contributed by atoms with Gasteiger partial charge in [-0.2, -0.15) is 0 Å². The van der Waals surface area contributed by atoms with Crippen molar-refractivity contribution < 1.29 is 4.52 Å². The molecular weight excluding hydrogens is 290 g/mol. The Hall–Kier alpha value is -2.89. The molecule has 1 aromatic carbocycles. The zero-order valence-corrected chi connectivity index (χ0v) is 13.6. The van der Waals surface area contributed by atoms with Gasteiger partial charge in [-0.1, -0.05) is 17.3 Å². The standard InChI is InChI=1S/C17H19N5O/c1-10-6-5-7-14(12(10)3)20-15-9-16(19-13(4)18-15)21-17-8-11(2)23-22-17/h5-9H,1-4H3,(H2,18,19,20,21,22). The Balaban J connectivity index is 1.86. The number of nitrogens with zero attached hydrogens (tertiary/aromatic N) is 3. The lowest BCUT2D eigenvalue weighted by Gasteiger charge is -2.12. The number of anilines is 4. The molecule has 3 rings (SSSR count). The Morgan fingerprint density at radius 1 is 0.870 bits per heavy atom. The lowest BCUT2D eigenvalue weighted by Crippen LogP contribution is -2.02. The van der Waals surface area contributed by atoms with Crippen molar-refractivity contribution in [1.82, 2.24) is 15.1 Å². The van der Waals surface area contributed by atoms with Gasteiger partial charge in [0.2, 0.25) is 0 Å². The third-order valence-corrected chi connectivity index (χ3v) is 3.59. The summed E-state index contributed by atoms with van der Waals surface area (Å²) < 4.78 is 5.05. The Labute approximate surface area is 135 Å². The van der Waals surface area contributed by atoms with E-state index in [0.717, 1.165) is 17.3 Å². The van der Waals surface area contributed by atoms with Crippen LogP contribution in [0.2, 0.25) is 0 Å². The highest BCUT2D eigenvalue weighted by Crippen LogP contribution is 2.24. The van der Waals surface area contributed by atoms with Crippen molar-refractivity contribution in [3.05, 3.63) is 53.0 Å². The molecule has 0 spiro atoms. The quantitative estimate of drug-likeness (QED) is 0.752. The van der Waals surface area contributed by atoms with Crippen LogP contribution in [-0.2, 0) is 0 Å². The van der Waals surface area contributed by atoms with Gasteiger partial charge in [0.1, 0.15) is 23.2 Å². The minimum Gasteiger partial charge on any atom is -0.360 e. The fourth-order valence-corrected chi connectivity index (χ4v) is 2.28. The first kappa shape index (κ1) is 15.0. The summed E-state index contributed by atoms with van der Waals surface area (Å²) in [5, 5.41) is 10.4. The van der Waals surface area contributed by atoms with Crippen LogP contribution in [0.3, 0.4) is 0 Å². The minimum absolute atomic E-state index is 0.623. The molecule has 2 N–H and O–H groups in total. The summed E-state index contributed by atoms with van der Waals surface area (Å²) in [6.07, 6.45) is 0. The van der Waals surface area contributed by atoms with E-state index in [9.17, 15) is 0 Å². The van der Waals surface area contributed by atoms with E-state index < -0.39 is 0 Å². The van der Waals surface area contributed by atoms with Gasteiger partial charge in [-0.3, -0.25) is 0 Å². The summed E-state index contributed by atoms with van der Waals surface area (Å²) in [6, 6.07) is 9.81. The SMILES string of the molecule is Cc1nc(Nc2cc(C)on2)cc(Nc2cccc(C)c2C)n1. The Kier molecular flexibility index (Phi) is 3.97. The molecule has 0 fully saturated rings. The smallest absolute Gasteiger partial charge is 0.175 e. The fourth-order valence-electron chi connectivity index (χ4n) is 2.28. The largest absolute Gasteiger partial charge is 0.360 e. The highest BCUT2D eigenvalue weighted by molar-refractivity contribution is 5.65. The molecule has 0 amide bonds. The van der Waals surface area contributed by atoms with Crippen molar-refractivity contribution in [3.63, 3.8) is 0 Å². The molecule has 6 nitrogen and oxygen atoms in total. The van der Waals surface area contributed by atoms with E-state index in [4.69, 9.17) is 4.52 Å². The van der Waals surface area contributed by atoms with E-state index in [1.807, 2.05) is 38.1 Å². The van der Waals surface area contributed by atoms with Crippen LogP contribution in [0, 0.1) is 27.7 Å². The maximum Gasteiger partial charge on any atom is 0.175 e. The van der Waals surface area contributed by atoms with Gasteiger partial charge in [0.15, 0.2) is 5.82 Å². The summed E-state index contributed by atoms with van der Waals surface area (Å²) in [7, 11) is 0. The van der Waals surface area contributed by atoms with Gasteiger partial charge in [-0.15, -0.1) is 0 Å². The minimum atomic E-state index is 0.623. The predicted octanol–water partition coefficient (Wildman–Crippen LogP) is 4.19. The molecule has 3 aromatic rings. The predicted molar refractivity (Wildman–Crippen MR) is 90.5 cm³/mol. The molecule has 2 heterocycles. The Morgan fingerprint density at radius 3 is 2.30 bits per heavy atom. The highest BCUT2D eigenvalue weighted by Gasteiger charge is 2.07. The van der Waals surface area contributed by atoms with Gasteiger partial charge < -0.3 is 15.2 Å². The number of benzene rings is 1. The molecule has 0 aliphatic heterocycles. The molecule has 6 heteroatoms. The zero-order chi connectivity index (χ0) is 16.4. The second-order valence-electron chi connectivity index (χ2n) is 5.51. The van der Waals surface area contributed by atoms with Gasteiger partial charge in [0.25, 0.3) is 0 Å². The van der Waals surface area contributed by atoms with Crippen molar-refractivity contribution in [2.45, 2.75) is 27.7 Å². The van der Waals surface area contributed by atoms with Gasteiger partial charge in [0.05, 0.1) is 0 Å². The molecule has 0 aliphatic rings. The van der Waals surface area contributed by atoms with E-state index >= 15 is 0 Å². The molecule has 2 aromatic heterocycles. The van der Waals surface area contributed by atoms with Crippen LogP contribution in [0.25, 0.3) is 0 Å². The van der Waals surface area contributed by atoms with Crippen molar-refractivity contribution in [2.24, 2.45) is 0 Å². The first-order chi connectivity index (χ1) is 11.0. The monoisotopic (exact) mass is 309 g/mol. The highest BCUT2D eigenvalue weighted by atomic mass is 16.5. The van der Waals surface area contributed by atoms with Gasteiger partial charge in [0, 0.05) is 17.8 Å². The molecule has 0 bridgehead atoms. The topological polar surface area (TPSA) is 75.9 Å². The van der Waals surface area contributed by atoms with Crippen LogP contribution in [-0.4, -0.2) is 15.1 Å². The second kappa shape index (κ2) is 6.08. The van der Waals surface area contributed by atoms with Crippen LogP contribution in [0.4, 0.5) is 23.1 Å². The number of hydrogen-bond donors (Lipinski definition) is 2. The molecule has 0 unspecified atom stereocenters. The third kappa shape index (κ3) is 3.48. The summed E-state index contributed by atoms with van der Waals surface area (Å²) in [5.41, 5.74) is 3.47. The number of hydrogen-bond acceptors (Lipinski definition) is 6. The zero-order valence-electron chi connectivity index (χ0n) is 13.6. The molecule has 0 atom stereocenters. The maximum atomic E-state index is 5.05. The summed E-state index contributed by atoms with van der Waals surface area (Å²) in [4.78, 5) is 8.82. The Morgan fingerprint density at radius 2 is 1.61 bits per heavy atom. The van der Waals surface area contributed by atoms with E-state index in [2.05, 4.69) is 45.7 Å². The van der Waals surface area contributed by atoms with Crippen LogP contribution in [0.5, 0.6) is 0 Å². The third-order valence-electron chi connectivity index (χ3n) is 3.59. The normalized spacial score (nSPS) is 10.6. The van der Waals surface area contributed by atoms with E-state index in [1.165, 1.54) is 11.1 Å². The van der Waals surface area contributed by atoms with Crippen molar-refractivity contribution in [3.8, 4) is 0 Å². The number of aromatic nitrogens is 3. The molecule has 0 radical (unpaired) electrons. The fraction of sp³-hybridized carbons (Fsp3) is 0.235. The van der Waals surface area contributed by atoms with Crippen LogP contribution < -0.4 is 10.6 Å². The first-order valence-electron chi connectivity index (χ1n) is 7.40. The van der Waals surface area contributed by atoms with Crippen molar-refractivity contribution in [2.75, 3.05) is 10.6 Å².